The Morgan fingerprint density at radius 2 is 1.75 bits per heavy atom. The molecule has 0 saturated carbocycles. The van der Waals surface area contributed by atoms with Crippen molar-refractivity contribution in [2.45, 2.75) is 121 Å². The van der Waals surface area contributed by atoms with Crippen LogP contribution in [-0.2, 0) is 57.7 Å². The molecule has 0 spiro atoms. The number of fused-ring (bicyclic) bond motifs is 5. The first kappa shape index (κ1) is 59.8. The molecule has 1 saturated heterocycles. The minimum Gasteiger partial charge on any atom is -0.495 e. The number of aliphatic hydroxyl groups is 4. The van der Waals surface area contributed by atoms with Crippen LogP contribution >= 0.6 is 11.6 Å². The van der Waals surface area contributed by atoms with E-state index >= 15 is 0 Å². The maximum absolute atomic E-state index is 14.3. The van der Waals surface area contributed by atoms with Crippen molar-refractivity contribution < 1.29 is 63.3 Å². The van der Waals surface area contributed by atoms with E-state index in [-0.39, 0.29) is 60.6 Å². The zero-order valence-corrected chi connectivity index (χ0v) is 45.3. The molecule has 0 unspecified atom stereocenters. The lowest BCUT2D eigenvalue weighted by Crippen LogP contribution is -2.60. The molecule has 412 valence electrons. The predicted molar refractivity (Wildman–Crippen MR) is 282 cm³/mol. The van der Waals surface area contributed by atoms with Crippen LogP contribution in [-0.4, -0.2) is 168 Å². The van der Waals surface area contributed by atoms with Gasteiger partial charge in [-0.1, -0.05) is 60.5 Å². The summed E-state index contributed by atoms with van der Waals surface area (Å²) >= 11 is 6.78. The molecule has 22 heteroatoms. The number of hydrazine groups is 1. The van der Waals surface area contributed by atoms with Crippen molar-refractivity contribution in [3.8, 4) is 5.75 Å². The number of aryl methyl sites for hydroxylation is 1. The maximum Gasteiger partial charge on any atom is 0.328 e. The van der Waals surface area contributed by atoms with Gasteiger partial charge in [0.15, 0.2) is 23.8 Å². The number of benzene rings is 2. The van der Waals surface area contributed by atoms with Gasteiger partial charge in [0.1, 0.15) is 35.1 Å². The van der Waals surface area contributed by atoms with Crippen LogP contribution in [0.4, 0.5) is 5.69 Å². The molecule has 2 aliphatic heterocycles. The molecule has 0 radical (unpaired) electrons. The van der Waals surface area contributed by atoms with Gasteiger partial charge in [-0.2, -0.15) is 0 Å². The summed E-state index contributed by atoms with van der Waals surface area (Å²) in [5.74, 6) is -4.63. The first-order valence-electron chi connectivity index (χ1n) is 24.8. The number of nitrogens with one attached hydrogen (secondary N) is 4. The molecule has 2 aromatic carbocycles. The number of allylic oxidation sites excluding steroid dienone is 3. The summed E-state index contributed by atoms with van der Waals surface area (Å²) in [4.78, 5) is 69.7. The van der Waals surface area contributed by atoms with Crippen LogP contribution in [0.3, 0.4) is 0 Å². The SMILES string of the molecule is C=C1N[C@]2(O)C[C@H](O1)[C@@H](C)C[C@@](C)(O)[C@@H](OC(=O)[C@H](C)N(C)C(=O)[C@@H](O)[C@@H](O)C(=O)NCCNC(=O)CCn1c(CN(C)NC)cc3ccccc31)CC(=O)N(C)c1cc(cc(OC)c1Cl)C/C(C)=C/C=C/[C@H]2OC. The Hall–Kier alpha value is -6.04. The Bertz CT molecular complexity index is 2600. The van der Waals surface area contributed by atoms with E-state index in [1.807, 2.05) is 56.4 Å². The third-order valence-corrected chi connectivity index (χ3v) is 14.2. The molecule has 2 aliphatic rings. The highest BCUT2D eigenvalue weighted by molar-refractivity contribution is 6.35. The van der Waals surface area contributed by atoms with Gasteiger partial charge in [-0.15, -0.1) is 0 Å². The Morgan fingerprint density at radius 3 is 2.43 bits per heavy atom. The van der Waals surface area contributed by atoms with Gasteiger partial charge in [-0.05, 0) is 88.4 Å². The highest BCUT2D eigenvalue weighted by Gasteiger charge is 2.48. The Labute approximate surface area is 443 Å². The van der Waals surface area contributed by atoms with Crippen molar-refractivity contribution in [3.05, 3.63) is 95.0 Å². The second kappa shape index (κ2) is 26.1. The predicted octanol–water partition coefficient (Wildman–Crippen LogP) is 2.41. The molecule has 3 heterocycles. The fourth-order valence-corrected chi connectivity index (χ4v) is 9.52. The number of nitrogens with zero attached hydrogens (tertiary/aromatic N) is 4. The first-order chi connectivity index (χ1) is 35.3. The number of rotatable bonds is 17. The molecule has 4 amide bonds. The van der Waals surface area contributed by atoms with E-state index in [1.54, 1.807) is 31.2 Å². The number of hydrogen-bond acceptors (Lipinski definition) is 16. The van der Waals surface area contributed by atoms with Crippen molar-refractivity contribution in [2.24, 2.45) is 5.92 Å². The molecule has 4 bridgehead atoms. The van der Waals surface area contributed by atoms with Gasteiger partial charge in [-0.3, -0.25) is 24.6 Å². The molecule has 9 atom stereocenters. The summed E-state index contributed by atoms with van der Waals surface area (Å²) in [6.07, 6.45) is -2.84. The number of carbonyl (C=O) groups is 5. The fraction of sp³-hybridized carbons (Fsp3) is 0.528. The van der Waals surface area contributed by atoms with E-state index in [0.717, 1.165) is 39.7 Å². The van der Waals surface area contributed by atoms with Crippen molar-refractivity contribution >= 4 is 57.8 Å². The van der Waals surface area contributed by atoms with Gasteiger partial charge >= 0.3 is 5.97 Å². The number of halogens is 1. The summed E-state index contributed by atoms with van der Waals surface area (Å²) in [6.45, 7) is 11.0. The summed E-state index contributed by atoms with van der Waals surface area (Å²) < 4.78 is 25.3. The number of para-hydroxylation sites is 1. The average molecular weight is 1070 g/mol. The fourth-order valence-electron chi connectivity index (χ4n) is 9.21. The van der Waals surface area contributed by atoms with E-state index in [0.29, 0.717) is 19.5 Å². The normalized spacial score (nSPS) is 25.0. The van der Waals surface area contributed by atoms with Crippen molar-refractivity contribution in [3.63, 3.8) is 0 Å². The molecule has 1 fully saturated rings. The van der Waals surface area contributed by atoms with Gasteiger partial charge in [0, 0.05) is 71.9 Å². The smallest absolute Gasteiger partial charge is 0.328 e. The monoisotopic (exact) mass is 1070 g/mol. The molecule has 3 aromatic rings. The summed E-state index contributed by atoms with van der Waals surface area (Å²) in [6, 6.07) is 11.9. The Balaban J connectivity index is 1.27. The van der Waals surface area contributed by atoms with E-state index in [1.165, 1.54) is 40.0 Å². The van der Waals surface area contributed by atoms with E-state index in [4.69, 9.17) is 30.5 Å². The Morgan fingerprint density at radius 1 is 1.05 bits per heavy atom. The van der Waals surface area contributed by atoms with E-state index < -0.39 is 83.9 Å². The largest absolute Gasteiger partial charge is 0.495 e. The third-order valence-electron chi connectivity index (χ3n) is 13.8. The number of hydrogen-bond donors (Lipinski definition) is 8. The number of aliphatic hydroxyl groups excluding tert-OH is 2. The summed E-state index contributed by atoms with van der Waals surface area (Å²) in [5.41, 5.74) is 3.25. The van der Waals surface area contributed by atoms with Crippen LogP contribution < -0.4 is 31.0 Å². The number of ether oxygens (including phenoxy) is 4. The molecule has 5 rings (SSSR count). The summed E-state index contributed by atoms with van der Waals surface area (Å²) in [5, 5.41) is 57.0. The number of anilines is 1. The Kier molecular flexibility index (Phi) is 20.9. The van der Waals surface area contributed by atoms with Crippen LogP contribution in [0.2, 0.25) is 5.02 Å². The highest BCUT2D eigenvalue weighted by atomic mass is 35.5. The second-order valence-corrected chi connectivity index (χ2v) is 20.0. The zero-order chi connectivity index (χ0) is 55.5. The average Bonchev–Trinajstić information content (AvgIpc) is 3.72. The van der Waals surface area contributed by atoms with Gasteiger partial charge in [-0.25, -0.2) is 9.80 Å². The molecule has 75 heavy (non-hydrogen) atoms. The number of likely N-dealkylation sites (N-methyl/N-ethyl adjacent to an activating group) is 1. The lowest BCUT2D eigenvalue weighted by atomic mass is 9.81. The molecule has 21 nitrogen and oxygen atoms in total. The molecule has 0 aliphatic carbocycles. The van der Waals surface area contributed by atoms with Crippen LogP contribution in [0.1, 0.15) is 64.6 Å². The molecular formula is C53H75ClN8O13. The molecular weight excluding hydrogens is 992 g/mol. The number of esters is 1. The van der Waals surface area contributed by atoms with Gasteiger partial charge < -0.3 is 69.7 Å². The number of amides is 4. The van der Waals surface area contributed by atoms with E-state index in [9.17, 15) is 44.4 Å². The second-order valence-electron chi connectivity index (χ2n) is 19.6. The van der Waals surface area contributed by atoms with Crippen LogP contribution in [0.5, 0.6) is 5.75 Å². The number of methoxy groups -OCH3 is 2. The van der Waals surface area contributed by atoms with Crippen LogP contribution in [0, 0.1) is 5.92 Å². The van der Waals surface area contributed by atoms with Crippen LogP contribution in [0.25, 0.3) is 10.9 Å². The van der Waals surface area contributed by atoms with E-state index in [2.05, 4.69) is 38.6 Å². The molecule has 8 N–H and O–H groups in total. The third kappa shape index (κ3) is 15.1. The van der Waals surface area contributed by atoms with Crippen molar-refractivity contribution in [1.29, 1.82) is 0 Å². The standard InChI is InChI=1S/C53H75ClN8O13/c1-31-15-14-18-42(73-11)53(71)29-41(74-34(4)58-53)32(2)28-52(5,70)43(27-45(64)61(9)39-24-35(23-31)25-40(72-10)46(39)54)75-51(69)33(3)60(8)50(68)48(66)47(65)49(67)57-21-20-56-44(63)19-22-62-37(30-59(7)55-6)26-36-16-12-13-17-38(36)62/h12-18,24-26,32-33,41-43,47-48,55,58,65-66,70-71H,4,19-23,27-30H2,1-3,5-11H3,(H,56,63)(H,57,67)/b18-14+,31-15+/t32-,33-,41-,42+,43-,47+,48-,52+,53-/m0/s1. The number of aromatic nitrogens is 1. The van der Waals surface area contributed by atoms with Gasteiger partial charge in [0.25, 0.3) is 11.8 Å². The van der Waals surface area contributed by atoms with Gasteiger partial charge in [0.2, 0.25) is 11.8 Å². The zero-order valence-electron chi connectivity index (χ0n) is 44.5. The minimum atomic E-state index is -2.34. The van der Waals surface area contributed by atoms with Crippen molar-refractivity contribution in [2.75, 3.05) is 60.4 Å². The highest BCUT2D eigenvalue weighted by Crippen LogP contribution is 2.39. The minimum absolute atomic E-state index is 0.0207. The van der Waals surface area contributed by atoms with Crippen molar-refractivity contribution in [1.82, 2.24) is 35.9 Å². The lowest BCUT2D eigenvalue weighted by molar-refractivity contribution is -0.180. The van der Waals surface area contributed by atoms with Crippen LogP contribution in [0.15, 0.2) is 78.7 Å². The van der Waals surface area contributed by atoms with Gasteiger partial charge in [0.05, 0.1) is 31.4 Å². The molecule has 1 aromatic heterocycles. The lowest BCUT2D eigenvalue weighted by Gasteiger charge is -2.45. The first-order valence-corrected chi connectivity index (χ1v) is 25.1. The quantitative estimate of drug-likeness (QED) is 0.0548. The topological polar surface area (TPSA) is 266 Å². The summed E-state index contributed by atoms with van der Waals surface area (Å²) in [7, 11) is 9.23. The maximum atomic E-state index is 14.3. The number of carbonyl (C=O) groups excluding carboxylic acids is 5.